The predicted octanol–water partition coefficient (Wildman–Crippen LogP) is 1.86. The van der Waals surface area contributed by atoms with Crippen LogP contribution >= 0.6 is 11.3 Å². The summed E-state index contributed by atoms with van der Waals surface area (Å²) < 4.78 is 12.9. The Morgan fingerprint density at radius 2 is 2.00 bits per heavy atom. The van der Waals surface area contributed by atoms with Gasteiger partial charge >= 0.3 is 11.8 Å². The molecule has 7 heteroatoms. The second-order valence-corrected chi connectivity index (χ2v) is 4.15. The Labute approximate surface area is 106 Å². The molecular formula is C11H8FN3O2S. The molecule has 0 unspecified atom stereocenters. The van der Waals surface area contributed by atoms with Crippen molar-refractivity contribution < 1.29 is 14.0 Å². The Morgan fingerprint density at radius 3 is 2.67 bits per heavy atom. The van der Waals surface area contributed by atoms with Gasteiger partial charge < -0.3 is 5.32 Å². The number of rotatable bonds is 2. The van der Waals surface area contributed by atoms with Crippen molar-refractivity contribution in [1.82, 2.24) is 4.98 Å². The van der Waals surface area contributed by atoms with E-state index in [1.807, 2.05) is 0 Å². The Balaban J connectivity index is 1.97. The molecule has 1 heterocycles. The number of benzene rings is 1. The van der Waals surface area contributed by atoms with Crippen molar-refractivity contribution >= 4 is 34.0 Å². The van der Waals surface area contributed by atoms with Crippen molar-refractivity contribution in [2.45, 2.75) is 0 Å². The molecule has 0 spiro atoms. The van der Waals surface area contributed by atoms with Gasteiger partial charge in [0.05, 0.1) is 0 Å². The van der Waals surface area contributed by atoms with E-state index >= 15 is 0 Å². The normalized spacial score (nSPS) is 9.83. The molecule has 0 bridgehead atoms. The van der Waals surface area contributed by atoms with Crippen LogP contribution in [0.3, 0.4) is 0 Å². The molecule has 0 aliphatic heterocycles. The van der Waals surface area contributed by atoms with E-state index < -0.39 is 17.6 Å². The number of halogens is 1. The SMILES string of the molecule is O=C(Nc1cccc(F)c1)C(=O)Nc1nccs1. The summed E-state index contributed by atoms with van der Waals surface area (Å²) in [5.41, 5.74) is 0.217. The molecule has 2 aromatic rings. The Kier molecular flexibility index (Phi) is 3.63. The number of amides is 2. The maximum atomic E-state index is 12.9. The summed E-state index contributed by atoms with van der Waals surface area (Å²) in [7, 11) is 0. The molecule has 0 fully saturated rings. The summed E-state index contributed by atoms with van der Waals surface area (Å²) in [6.45, 7) is 0. The number of nitrogens with one attached hydrogen (secondary N) is 2. The van der Waals surface area contributed by atoms with E-state index in [0.29, 0.717) is 5.13 Å². The smallest absolute Gasteiger partial charge is 0.315 e. The molecule has 0 saturated heterocycles. The minimum absolute atomic E-state index is 0.217. The molecule has 92 valence electrons. The van der Waals surface area contributed by atoms with Crippen LogP contribution in [0.15, 0.2) is 35.8 Å². The van der Waals surface area contributed by atoms with Gasteiger partial charge in [-0.1, -0.05) is 6.07 Å². The lowest BCUT2D eigenvalue weighted by atomic mass is 10.3. The highest BCUT2D eigenvalue weighted by molar-refractivity contribution is 7.13. The van der Waals surface area contributed by atoms with Gasteiger partial charge in [0.25, 0.3) is 0 Å². The van der Waals surface area contributed by atoms with Crippen LogP contribution in [0.1, 0.15) is 0 Å². The van der Waals surface area contributed by atoms with Crippen LogP contribution in [-0.4, -0.2) is 16.8 Å². The molecule has 5 nitrogen and oxygen atoms in total. The predicted molar refractivity (Wildman–Crippen MR) is 65.8 cm³/mol. The van der Waals surface area contributed by atoms with E-state index in [0.717, 1.165) is 6.07 Å². The third kappa shape index (κ3) is 3.11. The van der Waals surface area contributed by atoms with Gasteiger partial charge in [0.15, 0.2) is 5.13 Å². The minimum Gasteiger partial charge on any atom is -0.318 e. The maximum Gasteiger partial charge on any atom is 0.315 e. The average Bonchev–Trinajstić information content (AvgIpc) is 2.81. The van der Waals surface area contributed by atoms with Crippen LogP contribution in [0.5, 0.6) is 0 Å². The highest BCUT2D eigenvalue weighted by Gasteiger charge is 2.15. The van der Waals surface area contributed by atoms with Gasteiger partial charge in [0.2, 0.25) is 0 Å². The Bertz CT molecular complexity index is 571. The van der Waals surface area contributed by atoms with Gasteiger partial charge in [-0.05, 0) is 18.2 Å². The quantitative estimate of drug-likeness (QED) is 0.814. The molecule has 18 heavy (non-hydrogen) atoms. The van der Waals surface area contributed by atoms with Crippen LogP contribution in [0.25, 0.3) is 0 Å². The number of nitrogens with zero attached hydrogens (tertiary/aromatic N) is 1. The van der Waals surface area contributed by atoms with E-state index in [-0.39, 0.29) is 5.69 Å². The Morgan fingerprint density at radius 1 is 1.22 bits per heavy atom. The Hall–Kier alpha value is -2.28. The summed E-state index contributed by atoms with van der Waals surface area (Å²) in [6, 6.07) is 5.28. The fourth-order valence-corrected chi connectivity index (χ4v) is 1.72. The first-order valence-corrected chi connectivity index (χ1v) is 5.80. The zero-order chi connectivity index (χ0) is 13.0. The van der Waals surface area contributed by atoms with E-state index in [2.05, 4.69) is 15.6 Å². The first kappa shape index (κ1) is 12.2. The number of carbonyl (C=O) groups is 2. The molecule has 0 aliphatic carbocycles. The molecule has 0 radical (unpaired) electrons. The van der Waals surface area contributed by atoms with Crippen molar-refractivity contribution in [2.75, 3.05) is 10.6 Å². The molecule has 0 atom stereocenters. The summed E-state index contributed by atoms with van der Waals surface area (Å²) in [4.78, 5) is 26.7. The number of hydrogen-bond acceptors (Lipinski definition) is 4. The highest BCUT2D eigenvalue weighted by Crippen LogP contribution is 2.11. The van der Waals surface area contributed by atoms with Crippen LogP contribution in [0.4, 0.5) is 15.2 Å². The van der Waals surface area contributed by atoms with Crippen molar-refractivity contribution in [3.05, 3.63) is 41.7 Å². The summed E-state index contributed by atoms with van der Waals surface area (Å²) in [5, 5.41) is 6.59. The largest absolute Gasteiger partial charge is 0.318 e. The van der Waals surface area contributed by atoms with Crippen molar-refractivity contribution in [1.29, 1.82) is 0 Å². The van der Waals surface area contributed by atoms with E-state index in [1.165, 1.54) is 35.7 Å². The fraction of sp³-hybridized carbons (Fsp3) is 0. The molecule has 0 aliphatic rings. The zero-order valence-electron chi connectivity index (χ0n) is 9.01. The second kappa shape index (κ2) is 5.37. The molecular weight excluding hydrogens is 257 g/mol. The van der Waals surface area contributed by atoms with Crippen LogP contribution in [0.2, 0.25) is 0 Å². The number of thiazole rings is 1. The van der Waals surface area contributed by atoms with Gasteiger partial charge in [-0.15, -0.1) is 11.3 Å². The van der Waals surface area contributed by atoms with Gasteiger partial charge in [-0.2, -0.15) is 0 Å². The van der Waals surface area contributed by atoms with E-state index in [1.54, 1.807) is 5.38 Å². The minimum atomic E-state index is -0.879. The number of hydrogen-bond donors (Lipinski definition) is 2. The van der Waals surface area contributed by atoms with Crippen molar-refractivity contribution in [2.24, 2.45) is 0 Å². The number of carbonyl (C=O) groups excluding carboxylic acids is 2. The number of anilines is 2. The lowest BCUT2D eigenvalue weighted by molar-refractivity contribution is -0.133. The summed E-state index contributed by atoms with van der Waals surface area (Å²) in [5.74, 6) is -2.22. The van der Waals surface area contributed by atoms with Gasteiger partial charge in [0, 0.05) is 17.3 Å². The van der Waals surface area contributed by atoms with Crippen molar-refractivity contribution in [3.8, 4) is 0 Å². The third-order valence-electron chi connectivity index (χ3n) is 1.94. The van der Waals surface area contributed by atoms with Gasteiger partial charge in [0.1, 0.15) is 5.82 Å². The monoisotopic (exact) mass is 265 g/mol. The molecule has 0 saturated carbocycles. The lowest BCUT2D eigenvalue weighted by Crippen LogP contribution is -2.29. The molecule has 1 aromatic heterocycles. The summed E-state index contributed by atoms with van der Waals surface area (Å²) in [6.07, 6.45) is 1.50. The standard InChI is InChI=1S/C11H8FN3O2S/c12-7-2-1-3-8(6-7)14-9(16)10(17)15-11-13-4-5-18-11/h1-6H,(H,14,16)(H,13,15,17). The third-order valence-corrected chi connectivity index (χ3v) is 2.63. The fourth-order valence-electron chi connectivity index (χ4n) is 1.19. The van der Waals surface area contributed by atoms with Crippen LogP contribution in [0, 0.1) is 5.82 Å². The summed E-state index contributed by atoms with van der Waals surface area (Å²) >= 11 is 1.19. The first-order chi connectivity index (χ1) is 8.65. The maximum absolute atomic E-state index is 12.9. The zero-order valence-corrected chi connectivity index (χ0v) is 9.83. The molecule has 2 N–H and O–H groups in total. The highest BCUT2D eigenvalue weighted by atomic mass is 32.1. The molecule has 2 rings (SSSR count). The lowest BCUT2D eigenvalue weighted by Gasteiger charge is -2.04. The van der Waals surface area contributed by atoms with Crippen LogP contribution < -0.4 is 10.6 Å². The second-order valence-electron chi connectivity index (χ2n) is 3.26. The van der Waals surface area contributed by atoms with Gasteiger partial charge in [-0.3, -0.25) is 14.9 Å². The average molecular weight is 265 g/mol. The molecule has 2 amide bonds. The van der Waals surface area contributed by atoms with E-state index in [9.17, 15) is 14.0 Å². The molecule has 1 aromatic carbocycles. The van der Waals surface area contributed by atoms with Crippen LogP contribution in [-0.2, 0) is 9.59 Å². The topological polar surface area (TPSA) is 71.1 Å². The van der Waals surface area contributed by atoms with Gasteiger partial charge in [-0.25, -0.2) is 9.37 Å². The van der Waals surface area contributed by atoms with E-state index in [4.69, 9.17) is 0 Å². The number of aromatic nitrogens is 1. The first-order valence-electron chi connectivity index (χ1n) is 4.92. The van der Waals surface area contributed by atoms with Crippen molar-refractivity contribution in [3.63, 3.8) is 0 Å².